The van der Waals surface area contributed by atoms with Crippen LogP contribution in [0.4, 0.5) is 11.4 Å². The van der Waals surface area contributed by atoms with Crippen LogP contribution < -0.4 is 10.2 Å². The molecular formula is C19H25N5O. The number of aryl methyl sites for hydroxylation is 2. The zero-order valence-corrected chi connectivity index (χ0v) is 15.3. The predicted molar refractivity (Wildman–Crippen MR) is 101 cm³/mol. The summed E-state index contributed by atoms with van der Waals surface area (Å²) in [5.41, 5.74) is 5.09. The maximum absolute atomic E-state index is 12.4. The van der Waals surface area contributed by atoms with Crippen LogP contribution in [0.15, 0.2) is 29.3 Å². The van der Waals surface area contributed by atoms with Gasteiger partial charge in [-0.1, -0.05) is 12.1 Å². The molecule has 0 unspecified atom stereocenters. The Morgan fingerprint density at radius 2 is 1.84 bits per heavy atom. The van der Waals surface area contributed by atoms with Gasteiger partial charge in [0.25, 0.3) is 5.91 Å². The molecule has 1 aromatic heterocycles. The molecule has 0 aliphatic carbocycles. The summed E-state index contributed by atoms with van der Waals surface area (Å²) in [6.07, 6.45) is 0. The topological polar surface area (TPSA) is 62.5 Å². The van der Waals surface area contributed by atoms with Crippen LogP contribution in [0.3, 0.4) is 0 Å². The molecular weight excluding hydrogens is 314 g/mol. The van der Waals surface area contributed by atoms with Crippen LogP contribution in [0, 0.1) is 6.92 Å². The standard InChI is InChI=1S/C19H25N5O/c1-5-23(6-2)15-10-8-14(9-11-15)16-12-20-19(25)18-17(21-16)13(4)22-24(18)7-3/h8-11H,5-7,12H2,1-4H3,(H,20,25). The summed E-state index contributed by atoms with van der Waals surface area (Å²) in [7, 11) is 0. The summed E-state index contributed by atoms with van der Waals surface area (Å²) >= 11 is 0. The quantitative estimate of drug-likeness (QED) is 0.911. The van der Waals surface area contributed by atoms with Gasteiger partial charge >= 0.3 is 0 Å². The first-order chi connectivity index (χ1) is 12.1. The Kier molecular flexibility index (Phi) is 4.88. The van der Waals surface area contributed by atoms with Crippen molar-refractivity contribution in [3.63, 3.8) is 0 Å². The van der Waals surface area contributed by atoms with Crippen molar-refractivity contribution in [1.29, 1.82) is 0 Å². The lowest BCUT2D eigenvalue weighted by atomic mass is 10.1. The van der Waals surface area contributed by atoms with E-state index in [9.17, 15) is 4.79 Å². The fourth-order valence-electron chi connectivity index (χ4n) is 3.20. The molecule has 0 saturated heterocycles. The smallest absolute Gasteiger partial charge is 0.272 e. The van der Waals surface area contributed by atoms with E-state index < -0.39 is 0 Å². The van der Waals surface area contributed by atoms with Gasteiger partial charge < -0.3 is 10.2 Å². The summed E-state index contributed by atoms with van der Waals surface area (Å²) < 4.78 is 1.72. The number of nitrogens with one attached hydrogen (secondary N) is 1. The van der Waals surface area contributed by atoms with Crippen molar-refractivity contribution < 1.29 is 4.79 Å². The van der Waals surface area contributed by atoms with Gasteiger partial charge in [-0.2, -0.15) is 5.10 Å². The minimum atomic E-state index is -0.115. The Labute approximate surface area is 148 Å². The second-order valence-electron chi connectivity index (χ2n) is 6.06. The molecule has 3 rings (SSSR count). The lowest BCUT2D eigenvalue weighted by molar-refractivity contribution is 0.0950. The maximum Gasteiger partial charge on any atom is 0.272 e. The number of aromatic nitrogens is 2. The first-order valence-corrected chi connectivity index (χ1v) is 8.87. The van der Waals surface area contributed by atoms with Crippen LogP contribution in [0.25, 0.3) is 0 Å². The van der Waals surface area contributed by atoms with Crippen molar-refractivity contribution in [2.45, 2.75) is 34.2 Å². The number of carbonyl (C=O) groups is 1. The zero-order chi connectivity index (χ0) is 18.0. The Bertz CT molecular complexity index is 800. The second-order valence-corrected chi connectivity index (χ2v) is 6.06. The van der Waals surface area contributed by atoms with E-state index in [0.717, 1.165) is 30.1 Å². The Morgan fingerprint density at radius 1 is 1.16 bits per heavy atom. The van der Waals surface area contributed by atoms with E-state index in [1.165, 1.54) is 5.69 Å². The molecule has 0 radical (unpaired) electrons. The largest absolute Gasteiger partial charge is 0.372 e. The first kappa shape index (κ1) is 17.2. The van der Waals surface area contributed by atoms with Gasteiger partial charge in [0.05, 0.1) is 18.0 Å². The zero-order valence-electron chi connectivity index (χ0n) is 15.3. The van der Waals surface area contributed by atoms with Gasteiger partial charge in [-0.25, -0.2) is 4.99 Å². The maximum atomic E-state index is 12.4. The molecule has 0 saturated carbocycles. The molecule has 0 bridgehead atoms. The molecule has 25 heavy (non-hydrogen) atoms. The van der Waals surface area contributed by atoms with Gasteiger partial charge in [0.15, 0.2) is 5.69 Å². The van der Waals surface area contributed by atoms with Crippen molar-refractivity contribution >= 4 is 23.0 Å². The highest BCUT2D eigenvalue weighted by atomic mass is 16.2. The van der Waals surface area contributed by atoms with Crippen LogP contribution >= 0.6 is 0 Å². The van der Waals surface area contributed by atoms with E-state index in [2.05, 4.69) is 53.4 Å². The van der Waals surface area contributed by atoms with Gasteiger partial charge in [0.2, 0.25) is 0 Å². The number of rotatable bonds is 5. The van der Waals surface area contributed by atoms with Crippen molar-refractivity contribution in [2.75, 3.05) is 24.5 Å². The molecule has 1 aliphatic heterocycles. The average molecular weight is 339 g/mol. The SMILES string of the molecule is CCN(CC)c1ccc(C2=Nc3c(C)nn(CC)c3C(=O)NC2)cc1. The fraction of sp³-hybridized carbons (Fsp3) is 0.421. The predicted octanol–water partition coefficient (Wildman–Crippen LogP) is 2.92. The molecule has 0 fully saturated rings. The van der Waals surface area contributed by atoms with Crippen LogP contribution in [0.1, 0.15) is 42.5 Å². The van der Waals surface area contributed by atoms with E-state index in [-0.39, 0.29) is 5.91 Å². The molecule has 6 heteroatoms. The summed E-state index contributed by atoms with van der Waals surface area (Å²) in [4.78, 5) is 19.5. The minimum absolute atomic E-state index is 0.115. The van der Waals surface area contributed by atoms with Crippen molar-refractivity contribution in [3.8, 4) is 0 Å². The molecule has 1 amide bonds. The highest BCUT2D eigenvalue weighted by Crippen LogP contribution is 2.27. The number of amides is 1. The first-order valence-electron chi connectivity index (χ1n) is 8.87. The molecule has 6 nitrogen and oxygen atoms in total. The summed E-state index contributed by atoms with van der Waals surface area (Å²) in [5.74, 6) is -0.115. The van der Waals surface area contributed by atoms with Crippen LogP contribution in [0.2, 0.25) is 0 Å². The number of carbonyl (C=O) groups excluding carboxylic acids is 1. The van der Waals surface area contributed by atoms with Crippen molar-refractivity contribution in [2.24, 2.45) is 4.99 Å². The van der Waals surface area contributed by atoms with Gasteiger partial charge in [0.1, 0.15) is 5.69 Å². The monoisotopic (exact) mass is 339 g/mol. The minimum Gasteiger partial charge on any atom is -0.372 e. The summed E-state index contributed by atoms with van der Waals surface area (Å²) in [6.45, 7) is 11.2. The Balaban J connectivity index is 1.98. The molecule has 0 spiro atoms. The molecule has 132 valence electrons. The second kappa shape index (κ2) is 7.09. The third-order valence-corrected chi connectivity index (χ3v) is 4.60. The van der Waals surface area contributed by atoms with Gasteiger partial charge in [-0.3, -0.25) is 9.48 Å². The highest BCUT2D eigenvalue weighted by molar-refractivity contribution is 6.10. The number of aliphatic imine (C=N–C) groups is 1. The van der Waals surface area contributed by atoms with E-state index >= 15 is 0 Å². The van der Waals surface area contributed by atoms with E-state index in [1.807, 2.05) is 13.8 Å². The summed E-state index contributed by atoms with van der Waals surface area (Å²) in [5, 5.41) is 7.39. The number of fused-ring (bicyclic) bond motifs is 1. The average Bonchev–Trinajstić information content (AvgIpc) is 2.84. The molecule has 1 N–H and O–H groups in total. The Hall–Kier alpha value is -2.63. The number of hydrogen-bond acceptors (Lipinski definition) is 4. The van der Waals surface area contributed by atoms with Gasteiger partial charge in [0, 0.05) is 25.3 Å². The van der Waals surface area contributed by atoms with E-state index in [4.69, 9.17) is 4.99 Å². The Morgan fingerprint density at radius 3 is 2.44 bits per heavy atom. The lowest BCUT2D eigenvalue weighted by Gasteiger charge is -2.21. The van der Waals surface area contributed by atoms with Crippen molar-refractivity contribution in [1.82, 2.24) is 15.1 Å². The molecule has 2 heterocycles. The number of hydrogen-bond donors (Lipinski definition) is 1. The molecule has 1 aliphatic rings. The highest BCUT2D eigenvalue weighted by Gasteiger charge is 2.24. The fourth-order valence-corrected chi connectivity index (χ4v) is 3.20. The third kappa shape index (κ3) is 3.16. The lowest BCUT2D eigenvalue weighted by Crippen LogP contribution is -2.30. The summed E-state index contributed by atoms with van der Waals surface area (Å²) in [6, 6.07) is 8.37. The number of nitrogens with zero attached hydrogens (tertiary/aromatic N) is 4. The van der Waals surface area contributed by atoms with Gasteiger partial charge in [-0.15, -0.1) is 0 Å². The number of benzene rings is 1. The molecule has 2 aromatic rings. The van der Waals surface area contributed by atoms with Crippen LogP contribution in [-0.4, -0.2) is 41.0 Å². The van der Waals surface area contributed by atoms with Crippen molar-refractivity contribution in [3.05, 3.63) is 41.2 Å². The number of anilines is 1. The molecule has 1 aromatic carbocycles. The normalized spacial score (nSPS) is 13.8. The molecule has 0 atom stereocenters. The van der Waals surface area contributed by atoms with E-state index in [0.29, 0.717) is 24.5 Å². The van der Waals surface area contributed by atoms with Gasteiger partial charge in [-0.05, 0) is 45.4 Å². The van der Waals surface area contributed by atoms with E-state index in [1.54, 1.807) is 4.68 Å². The third-order valence-electron chi connectivity index (χ3n) is 4.60. The van der Waals surface area contributed by atoms with Crippen LogP contribution in [0.5, 0.6) is 0 Å². The van der Waals surface area contributed by atoms with Crippen LogP contribution in [-0.2, 0) is 6.54 Å².